The van der Waals surface area contributed by atoms with Crippen LogP contribution in [0.25, 0.3) is 0 Å². The second-order valence-corrected chi connectivity index (χ2v) is 3.59. The van der Waals surface area contributed by atoms with Crippen molar-refractivity contribution in [3.8, 4) is 0 Å². The quantitative estimate of drug-likeness (QED) is 0.446. The number of hydroxylamine groups is 2. The highest BCUT2D eigenvalue weighted by Gasteiger charge is 2.06. The van der Waals surface area contributed by atoms with E-state index in [2.05, 4.69) is 6.92 Å². The van der Waals surface area contributed by atoms with Gasteiger partial charge in [0.2, 0.25) is 5.91 Å². The maximum absolute atomic E-state index is 11.3. The summed E-state index contributed by atoms with van der Waals surface area (Å²) in [6.07, 6.45) is 7.87. The molecule has 1 amide bonds. The van der Waals surface area contributed by atoms with Crippen LogP contribution >= 0.6 is 0 Å². The van der Waals surface area contributed by atoms with E-state index in [1.807, 2.05) is 0 Å². The Hall–Kier alpha value is -0.570. The maximum atomic E-state index is 11.3. The van der Waals surface area contributed by atoms with Crippen LogP contribution in [0.15, 0.2) is 0 Å². The molecule has 3 heteroatoms. The molecule has 0 atom stereocenters. The first-order chi connectivity index (χ1) is 6.72. The number of amides is 1. The molecule has 0 aliphatic heterocycles. The minimum atomic E-state index is 0.0722. The van der Waals surface area contributed by atoms with E-state index < -0.39 is 0 Å². The predicted octanol–water partition coefficient (Wildman–Crippen LogP) is 2.76. The number of unbranched alkanes of at least 4 members (excludes halogenated alkanes) is 5. The largest absolute Gasteiger partial charge is 0.275 e. The van der Waals surface area contributed by atoms with Crippen LogP contribution in [-0.4, -0.2) is 25.1 Å². The van der Waals surface area contributed by atoms with Crippen molar-refractivity contribution >= 4 is 5.91 Å². The SMILES string of the molecule is CCCCCCCCC(=O)N(C)OC. The van der Waals surface area contributed by atoms with Crippen LogP contribution in [-0.2, 0) is 9.63 Å². The molecule has 0 N–H and O–H groups in total. The van der Waals surface area contributed by atoms with Gasteiger partial charge in [-0.1, -0.05) is 39.0 Å². The van der Waals surface area contributed by atoms with Gasteiger partial charge in [0.25, 0.3) is 0 Å². The topological polar surface area (TPSA) is 29.5 Å². The van der Waals surface area contributed by atoms with Crippen molar-refractivity contribution in [2.45, 2.75) is 51.9 Å². The number of nitrogens with zero attached hydrogens (tertiary/aromatic N) is 1. The molecule has 0 fully saturated rings. The van der Waals surface area contributed by atoms with E-state index in [0.717, 1.165) is 12.8 Å². The standard InChI is InChI=1S/C11H23NO2/c1-4-5-6-7-8-9-10-11(13)12(2)14-3/h4-10H2,1-3H3. The molecule has 0 rings (SSSR count). The lowest BCUT2D eigenvalue weighted by atomic mass is 10.1. The molecule has 0 unspecified atom stereocenters. The van der Waals surface area contributed by atoms with Crippen molar-refractivity contribution in [1.82, 2.24) is 5.06 Å². The van der Waals surface area contributed by atoms with Crippen molar-refractivity contribution < 1.29 is 9.63 Å². The van der Waals surface area contributed by atoms with Gasteiger partial charge in [-0.15, -0.1) is 0 Å². The molecule has 0 saturated heterocycles. The Morgan fingerprint density at radius 3 is 2.29 bits per heavy atom. The van der Waals surface area contributed by atoms with Crippen LogP contribution in [0.3, 0.4) is 0 Å². The zero-order valence-corrected chi connectivity index (χ0v) is 9.71. The molecular weight excluding hydrogens is 178 g/mol. The van der Waals surface area contributed by atoms with Gasteiger partial charge in [0.1, 0.15) is 0 Å². The molecule has 0 spiro atoms. The Labute approximate surface area is 87.4 Å². The summed E-state index contributed by atoms with van der Waals surface area (Å²) < 4.78 is 0. The van der Waals surface area contributed by atoms with E-state index in [4.69, 9.17) is 4.84 Å². The number of carbonyl (C=O) groups excluding carboxylic acids is 1. The fourth-order valence-corrected chi connectivity index (χ4v) is 1.32. The highest BCUT2D eigenvalue weighted by atomic mass is 16.7. The third-order valence-corrected chi connectivity index (χ3v) is 2.37. The molecule has 3 nitrogen and oxygen atoms in total. The molecule has 0 bridgehead atoms. The van der Waals surface area contributed by atoms with Gasteiger partial charge in [0.05, 0.1) is 7.11 Å². The highest BCUT2D eigenvalue weighted by Crippen LogP contribution is 2.07. The van der Waals surface area contributed by atoms with Crippen LogP contribution in [0.2, 0.25) is 0 Å². The van der Waals surface area contributed by atoms with Crippen LogP contribution in [0.5, 0.6) is 0 Å². The number of carbonyl (C=O) groups is 1. The summed E-state index contributed by atoms with van der Waals surface area (Å²) in [5, 5.41) is 1.30. The average Bonchev–Trinajstić information content (AvgIpc) is 2.21. The van der Waals surface area contributed by atoms with Gasteiger partial charge in [-0.05, 0) is 6.42 Å². The summed E-state index contributed by atoms with van der Waals surface area (Å²) in [4.78, 5) is 16.1. The predicted molar refractivity (Wildman–Crippen MR) is 57.8 cm³/mol. The zero-order valence-electron chi connectivity index (χ0n) is 9.71. The second-order valence-electron chi connectivity index (χ2n) is 3.59. The molecule has 0 aromatic rings. The zero-order chi connectivity index (χ0) is 10.8. The molecule has 0 aromatic carbocycles. The van der Waals surface area contributed by atoms with Gasteiger partial charge >= 0.3 is 0 Å². The molecular formula is C11H23NO2. The Bertz CT molecular complexity index is 148. The van der Waals surface area contributed by atoms with E-state index >= 15 is 0 Å². The molecule has 14 heavy (non-hydrogen) atoms. The first kappa shape index (κ1) is 13.4. The van der Waals surface area contributed by atoms with Gasteiger partial charge in [0, 0.05) is 13.5 Å². The van der Waals surface area contributed by atoms with Crippen LogP contribution in [0, 0.1) is 0 Å². The minimum absolute atomic E-state index is 0.0722. The average molecular weight is 201 g/mol. The van der Waals surface area contributed by atoms with E-state index in [1.54, 1.807) is 7.05 Å². The third-order valence-electron chi connectivity index (χ3n) is 2.37. The molecule has 0 aliphatic rings. The summed E-state index contributed by atoms with van der Waals surface area (Å²) >= 11 is 0. The van der Waals surface area contributed by atoms with Crippen LogP contribution in [0.4, 0.5) is 0 Å². The third kappa shape index (κ3) is 6.89. The maximum Gasteiger partial charge on any atom is 0.245 e. The van der Waals surface area contributed by atoms with Crippen LogP contribution < -0.4 is 0 Å². The number of hydrogen-bond acceptors (Lipinski definition) is 2. The van der Waals surface area contributed by atoms with Gasteiger partial charge in [0.15, 0.2) is 0 Å². The number of hydrogen-bond donors (Lipinski definition) is 0. The molecule has 0 aliphatic carbocycles. The van der Waals surface area contributed by atoms with E-state index in [-0.39, 0.29) is 5.91 Å². The minimum Gasteiger partial charge on any atom is -0.275 e. The lowest BCUT2D eigenvalue weighted by molar-refractivity contribution is -0.168. The highest BCUT2D eigenvalue weighted by molar-refractivity contribution is 5.74. The summed E-state index contributed by atoms with van der Waals surface area (Å²) in [5.41, 5.74) is 0. The fraction of sp³-hybridized carbons (Fsp3) is 0.909. The second kappa shape index (κ2) is 9.00. The molecule has 0 radical (unpaired) electrons. The molecule has 0 saturated carbocycles. The lowest BCUT2D eigenvalue weighted by Crippen LogP contribution is -2.24. The van der Waals surface area contributed by atoms with Crippen molar-refractivity contribution in [2.24, 2.45) is 0 Å². The van der Waals surface area contributed by atoms with Gasteiger partial charge in [-0.25, -0.2) is 5.06 Å². The Morgan fingerprint density at radius 2 is 1.71 bits per heavy atom. The summed E-state index contributed by atoms with van der Waals surface area (Å²) in [6.45, 7) is 2.21. The first-order valence-corrected chi connectivity index (χ1v) is 5.53. The van der Waals surface area contributed by atoms with E-state index in [9.17, 15) is 4.79 Å². The van der Waals surface area contributed by atoms with E-state index in [0.29, 0.717) is 6.42 Å². The van der Waals surface area contributed by atoms with Gasteiger partial charge in [-0.3, -0.25) is 9.63 Å². The van der Waals surface area contributed by atoms with Crippen LogP contribution in [0.1, 0.15) is 51.9 Å². The summed E-state index contributed by atoms with van der Waals surface area (Å²) in [7, 11) is 3.17. The summed E-state index contributed by atoms with van der Waals surface area (Å²) in [6, 6.07) is 0. The number of rotatable bonds is 8. The Balaban J connectivity index is 3.23. The summed E-state index contributed by atoms with van der Waals surface area (Å²) in [5.74, 6) is 0.0722. The molecule has 0 heterocycles. The monoisotopic (exact) mass is 201 g/mol. The van der Waals surface area contributed by atoms with Crippen molar-refractivity contribution in [3.63, 3.8) is 0 Å². The smallest absolute Gasteiger partial charge is 0.245 e. The normalized spacial score (nSPS) is 10.2. The lowest BCUT2D eigenvalue weighted by Gasteiger charge is -2.12. The van der Waals surface area contributed by atoms with Crippen molar-refractivity contribution in [1.29, 1.82) is 0 Å². The molecule has 84 valence electrons. The first-order valence-electron chi connectivity index (χ1n) is 5.53. The van der Waals surface area contributed by atoms with Gasteiger partial charge < -0.3 is 0 Å². The van der Waals surface area contributed by atoms with Crippen molar-refractivity contribution in [2.75, 3.05) is 14.2 Å². The van der Waals surface area contributed by atoms with Gasteiger partial charge in [-0.2, -0.15) is 0 Å². The van der Waals surface area contributed by atoms with Crippen molar-refractivity contribution in [3.05, 3.63) is 0 Å². The molecule has 0 aromatic heterocycles. The fourth-order valence-electron chi connectivity index (χ4n) is 1.32. The Morgan fingerprint density at radius 1 is 1.14 bits per heavy atom. The van der Waals surface area contributed by atoms with E-state index in [1.165, 1.54) is 37.9 Å². The Kier molecular flexibility index (Phi) is 8.64.